The summed E-state index contributed by atoms with van der Waals surface area (Å²) in [4.78, 5) is 21.7. The standard InChI is InChI=1S/C20H13N3OS2/c1-11-21-15-8-9-16-18(17(15)25-11)26-20(22-16)23-19(24)14-7-6-12-4-2-3-5-13(12)10-14/h2-10H,1H3,(H,22,23,24). The van der Waals surface area contributed by atoms with Crippen molar-refractivity contribution in [2.45, 2.75) is 6.92 Å². The van der Waals surface area contributed by atoms with Crippen LogP contribution >= 0.6 is 22.7 Å². The number of carbonyl (C=O) groups is 1. The predicted molar refractivity (Wildman–Crippen MR) is 109 cm³/mol. The maximum Gasteiger partial charge on any atom is 0.257 e. The first-order valence-electron chi connectivity index (χ1n) is 8.14. The van der Waals surface area contributed by atoms with Gasteiger partial charge in [-0.1, -0.05) is 41.7 Å². The van der Waals surface area contributed by atoms with Gasteiger partial charge in [-0.25, -0.2) is 9.97 Å². The fraction of sp³-hybridized carbons (Fsp3) is 0.0500. The van der Waals surface area contributed by atoms with Crippen LogP contribution in [-0.4, -0.2) is 15.9 Å². The maximum absolute atomic E-state index is 12.6. The molecule has 2 heterocycles. The Morgan fingerprint density at radius 3 is 2.46 bits per heavy atom. The summed E-state index contributed by atoms with van der Waals surface area (Å²) in [7, 11) is 0. The first kappa shape index (κ1) is 15.4. The highest BCUT2D eigenvalue weighted by Crippen LogP contribution is 2.35. The molecular formula is C20H13N3OS2. The molecule has 2 aromatic heterocycles. The molecule has 0 saturated heterocycles. The van der Waals surface area contributed by atoms with Crippen LogP contribution in [0.15, 0.2) is 54.6 Å². The zero-order chi connectivity index (χ0) is 17.7. The Hall–Kier alpha value is -2.83. The van der Waals surface area contributed by atoms with Crippen LogP contribution in [0, 0.1) is 6.92 Å². The number of thiazole rings is 2. The zero-order valence-electron chi connectivity index (χ0n) is 13.8. The molecule has 1 N–H and O–H groups in total. The number of nitrogens with zero attached hydrogens (tertiary/aromatic N) is 2. The molecule has 0 aliphatic rings. The van der Waals surface area contributed by atoms with Crippen LogP contribution in [0.25, 0.3) is 31.2 Å². The summed E-state index contributed by atoms with van der Waals surface area (Å²) in [5.41, 5.74) is 2.50. The molecule has 0 aliphatic carbocycles. The molecule has 0 radical (unpaired) electrons. The molecule has 0 bridgehead atoms. The highest BCUT2D eigenvalue weighted by molar-refractivity contribution is 7.28. The summed E-state index contributed by atoms with van der Waals surface area (Å²) in [6.45, 7) is 2.00. The van der Waals surface area contributed by atoms with Gasteiger partial charge in [-0.2, -0.15) is 0 Å². The number of amides is 1. The molecule has 4 nitrogen and oxygen atoms in total. The molecule has 1 amide bonds. The van der Waals surface area contributed by atoms with Crippen molar-refractivity contribution in [2.24, 2.45) is 0 Å². The van der Waals surface area contributed by atoms with Crippen molar-refractivity contribution in [3.8, 4) is 0 Å². The summed E-state index contributed by atoms with van der Waals surface area (Å²) in [6.07, 6.45) is 0. The summed E-state index contributed by atoms with van der Waals surface area (Å²) >= 11 is 3.15. The normalized spacial score (nSPS) is 11.4. The molecule has 0 fully saturated rings. The highest BCUT2D eigenvalue weighted by atomic mass is 32.1. The lowest BCUT2D eigenvalue weighted by Crippen LogP contribution is -2.11. The van der Waals surface area contributed by atoms with E-state index in [-0.39, 0.29) is 5.91 Å². The highest BCUT2D eigenvalue weighted by Gasteiger charge is 2.13. The van der Waals surface area contributed by atoms with E-state index in [4.69, 9.17) is 0 Å². The molecule has 3 aromatic carbocycles. The van der Waals surface area contributed by atoms with Gasteiger partial charge in [0.05, 0.1) is 25.4 Å². The van der Waals surface area contributed by atoms with Gasteiger partial charge in [-0.05, 0) is 42.0 Å². The van der Waals surface area contributed by atoms with E-state index in [1.165, 1.54) is 11.3 Å². The van der Waals surface area contributed by atoms with Gasteiger partial charge in [0.15, 0.2) is 5.13 Å². The Bertz CT molecular complexity index is 1300. The number of anilines is 1. The van der Waals surface area contributed by atoms with Crippen LogP contribution in [0.5, 0.6) is 0 Å². The fourth-order valence-electron chi connectivity index (χ4n) is 3.04. The van der Waals surface area contributed by atoms with E-state index in [0.717, 1.165) is 36.2 Å². The smallest absolute Gasteiger partial charge is 0.257 e. The summed E-state index contributed by atoms with van der Waals surface area (Å²) < 4.78 is 2.20. The third kappa shape index (κ3) is 2.55. The summed E-state index contributed by atoms with van der Waals surface area (Å²) in [5.74, 6) is -0.147. The fourth-order valence-corrected chi connectivity index (χ4v) is 5.04. The third-order valence-corrected chi connectivity index (χ3v) is 6.39. The third-order valence-electron chi connectivity index (χ3n) is 4.25. The van der Waals surface area contributed by atoms with Crippen molar-refractivity contribution in [1.82, 2.24) is 9.97 Å². The first-order valence-corrected chi connectivity index (χ1v) is 9.77. The molecular weight excluding hydrogens is 362 g/mol. The van der Waals surface area contributed by atoms with Crippen molar-refractivity contribution in [1.29, 1.82) is 0 Å². The van der Waals surface area contributed by atoms with Crippen LogP contribution in [0.2, 0.25) is 0 Å². The molecule has 6 heteroatoms. The lowest BCUT2D eigenvalue weighted by molar-refractivity contribution is 0.102. The van der Waals surface area contributed by atoms with Crippen molar-refractivity contribution >= 4 is 64.9 Å². The number of aromatic nitrogens is 2. The number of rotatable bonds is 2. The number of nitrogens with one attached hydrogen (secondary N) is 1. The van der Waals surface area contributed by atoms with Gasteiger partial charge < -0.3 is 0 Å². The summed E-state index contributed by atoms with van der Waals surface area (Å²) in [6, 6.07) is 17.7. The van der Waals surface area contributed by atoms with E-state index in [2.05, 4.69) is 15.3 Å². The summed E-state index contributed by atoms with van der Waals surface area (Å²) in [5, 5.41) is 6.74. The Morgan fingerprint density at radius 1 is 0.885 bits per heavy atom. The molecule has 5 rings (SSSR count). The van der Waals surface area contributed by atoms with Gasteiger partial charge in [0.1, 0.15) is 0 Å². The average molecular weight is 375 g/mol. The van der Waals surface area contributed by atoms with E-state index in [0.29, 0.717) is 10.7 Å². The number of hydrogen-bond donors (Lipinski definition) is 1. The zero-order valence-corrected chi connectivity index (χ0v) is 15.4. The largest absolute Gasteiger partial charge is 0.298 e. The minimum absolute atomic E-state index is 0.147. The van der Waals surface area contributed by atoms with Crippen molar-refractivity contribution in [3.63, 3.8) is 0 Å². The number of benzene rings is 3. The van der Waals surface area contributed by atoms with E-state index >= 15 is 0 Å². The van der Waals surface area contributed by atoms with Gasteiger partial charge in [-0.15, -0.1) is 11.3 Å². The first-order chi connectivity index (χ1) is 12.7. The number of fused-ring (bicyclic) bond motifs is 4. The Kier molecular flexibility index (Phi) is 3.48. The van der Waals surface area contributed by atoms with Crippen LogP contribution in [0.3, 0.4) is 0 Å². The van der Waals surface area contributed by atoms with Gasteiger partial charge in [0, 0.05) is 5.56 Å². The molecule has 0 unspecified atom stereocenters. The lowest BCUT2D eigenvalue weighted by Gasteiger charge is -2.03. The number of carbonyl (C=O) groups excluding carboxylic acids is 1. The SMILES string of the molecule is Cc1nc2ccc3nc(NC(=O)c4ccc5ccccc5c4)sc3c2s1. The Balaban J connectivity index is 1.51. The quantitative estimate of drug-likeness (QED) is 0.436. The van der Waals surface area contributed by atoms with E-state index in [1.54, 1.807) is 11.3 Å². The second-order valence-electron chi connectivity index (χ2n) is 6.03. The second-order valence-corrected chi connectivity index (χ2v) is 8.23. The van der Waals surface area contributed by atoms with Crippen molar-refractivity contribution in [3.05, 3.63) is 65.2 Å². The lowest BCUT2D eigenvalue weighted by atomic mass is 10.1. The maximum atomic E-state index is 12.6. The second kappa shape index (κ2) is 5.86. The van der Waals surface area contributed by atoms with Gasteiger partial charge in [0.2, 0.25) is 0 Å². The number of hydrogen-bond acceptors (Lipinski definition) is 5. The molecule has 0 saturated carbocycles. The molecule has 0 spiro atoms. The van der Waals surface area contributed by atoms with Gasteiger partial charge >= 0.3 is 0 Å². The molecule has 126 valence electrons. The minimum Gasteiger partial charge on any atom is -0.298 e. The molecule has 0 aliphatic heterocycles. The van der Waals surface area contributed by atoms with E-state index in [9.17, 15) is 4.79 Å². The Labute approximate surface area is 157 Å². The van der Waals surface area contributed by atoms with E-state index < -0.39 is 0 Å². The van der Waals surface area contributed by atoms with Gasteiger partial charge in [-0.3, -0.25) is 10.1 Å². The van der Waals surface area contributed by atoms with E-state index in [1.807, 2.05) is 61.5 Å². The van der Waals surface area contributed by atoms with Crippen LogP contribution < -0.4 is 5.32 Å². The molecule has 0 atom stereocenters. The molecule has 26 heavy (non-hydrogen) atoms. The van der Waals surface area contributed by atoms with Crippen LogP contribution in [0.4, 0.5) is 5.13 Å². The number of aryl methyl sites for hydroxylation is 1. The monoisotopic (exact) mass is 375 g/mol. The van der Waals surface area contributed by atoms with Crippen molar-refractivity contribution < 1.29 is 4.79 Å². The average Bonchev–Trinajstić information content (AvgIpc) is 3.23. The minimum atomic E-state index is -0.147. The van der Waals surface area contributed by atoms with Crippen molar-refractivity contribution in [2.75, 3.05) is 5.32 Å². The Morgan fingerprint density at radius 2 is 1.62 bits per heavy atom. The predicted octanol–water partition coefficient (Wildman–Crippen LogP) is 5.62. The van der Waals surface area contributed by atoms with Crippen LogP contribution in [-0.2, 0) is 0 Å². The van der Waals surface area contributed by atoms with Gasteiger partial charge in [0.25, 0.3) is 5.91 Å². The topological polar surface area (TPSA) is 54.9 Å². The molecule has 5 aromatic rings. The van der Waals surface area contributed by atoms with Crippen LogP contribution in [0.1, 0.15) is 15.4 Å².